The van der Waals surface area contributed by atoms with Crippen LogP contribution in [-0.2, 0) is 22.6 Å². The standard InChI is InChI=1S/C20H25N3O6/c1-20(2,3)29-19(26)23(15-6-7-21-17(9-15)28-5)11-14-10-22-16(18(24)25)8-13(14)12-27-4/h6-10H,11-12H2,1-5H3,(H,24,25). The molecule has 0 unspecified atom stereocenters. The number of carbonyl (C=O) groups excluding carboxylic acids is 1. The van der Waals surface area contributed by atoms with Crippen LogP contribution >= 0.6 is 0 Å². The number of carboxylic acids is 1. The summed E-state index contributed by atoms with van der Waals surface area (Å²) in [6, 6.07) is 4.70. The number of amides is 1. The normalized spacial score (nSPS) is 11.1. The van der Waals surface area contributed by atoms with Crippen molar-refractivity contribution in [1.82, 2.24) is 9.97 Å². The molecule has 0 atom stereocenters. The van der Waals surface area contributed by atoms with E-state index in [4.69, 9.17) is 14.2 Å². The molecule has 2 aromatic rings. The van der Waals surface area contributed by atoms with Gasteiger partial charge in [-0.2, -0.15) is 0 Å². The van der Waals surface area contributed by atoms with Gasteiger partial charge in [-0.1, -0.05) is 0 Å². The third-order valence-corrected chi connectivity index (χ3v) is 3.78. The molecule has 0 saturated carbocycles. The van der Waals surface area contributed by atoms with Crippen molar-refractivity contribution in [3.63, 3.8) is 0 Å². The Bertz CT molecular complexity index is 879. The minimum absolute atomic E-state index is 0.0909. The second-order valence-corrected chi connectivity index (χ2v) is 7.20. The Morgan fingerprint density at radius 3 is 2.45 bits per heavy atom. The van der Waals surface area contributed by atoms with Crippen LogP contribution in [0, 0.1) is 0 Å². The minimum Gasteiger partial charge on any atom is -0.481 e. The third-order valence-electron chi connectivity index (χ3n) is 3.78. The average Bonchev–Trinajstić information content (AvgIpc) is 2.65. The summed E-state index contributed by atoms with van der Waals surface area (Å²) in [6.07, 6.45) is 2.37. The number of nitrogens with zero attached hydrogens (tertiary/aromatic N) is 3. The maximum absolute atomic E-state index is 12.9. The number of aromatic carboxylic acids is 1. The van der Waals surface area contributed by atoms with Crippen molar-refractivity contribution in [2.75, 3.05) is 19.1 Å². The smallest absolute Gasteiger partial charge is 0.415 e. The molecule has 1 N–H and O–H groups in total. The molecule has 0 aliphatic carbocycles. The quantitative estimate of drug-likeness (QED) is 0.750. The molecule has 9 nitrogen and oxygen atoms in total. The van der Waals surface area contributed by atoms with Crippen molar-refractivity contribution < 1.29 is 28.9 Å². The van der Waals surface area contributed by atoms with Gasteiger partial charge in [0.1, 0.15) is 11.3 Å². The second kappa shape index (κ2) is 9.33. The fraction of sp³-hybridized carbons (Fsp3) is 0.400. The van der Waals surface area contributed by atoms with E-state index < -0.39 is 17.7 Å². The number of ether oxygens (including phenoxy) is 3. The molecular weight excluding hydrogens is 378 g/mol. The van der Waals surface area contributed by atoms with E-state index >= 15 is 0 Å². The molecule has 29 heavy (non-hydrogen) atoms. The highest BCUT2D eigenvalue weighted by atomic mass is 16.6. The van der Waals surface area contributed by atoms with Gasteiger partial charge in [-0.15, -0.1) is 0 Å². The first kappa shape index (κ1) is 22.1. The molecule has 0 spiro atoms. The molecule has 2 rings (SSSR count). The summed E-state index contributed by atoms with van der Waals surface area (Å²) in [5, 5.41) is 9.19. The highest BCUT2D eigenvalue weighted by Crippen LogP contribution is 2.25. The lowest BCUT2D eigenvalue weighted by atomic mass is 10.1. The molecule has 0 fully saturated rings. The lowest BCUT2D eigenvalue weighted by Gasteiger charge is -2.28. The number of aromatic nitrogens is 2. The number of anilines is 1. The van der Waals surface area contributed by atoms with Gasteiger partial charge in [0.15, 0.2) is 0 Å². The van der Waals surface area contributed by atoms with E-state index in [0.717, 1.165) is 0 Å². The average molecular weight is 403 g/mol. The number of carboxylic acid groups (broad SMARTS) is 1. The fourth-order valence-electron chi connectivity index (χ4n) is 2.50. The fourth-order valence-corrected chi connectivity index (χ4v) is 2.50. The van der Waals surface area contributed by atoms with E-state index in [-0.39, 0.29) is 18.8 Å². The number of methoxy groups -OCH3 is 2. The summed E-state index contributed by atoms with van der Waals surface area (Å²) in [6.45, 7) is 5.58. The Labute approximate surface area is 169 Å². The van der Waals surface area contributed by atoms with Crippen molar-refractivity contribution in [2.45, 2.75) is 39.5 Å². The van der Waals surface area contributed by atoms with E-state index in [1.54, 1.807) is 32.9 Å². The molecule has 156 valence electrons. The Morgan fingerprint density at radius 1 is 1.14 bits per heavy atom. The van der Waals surface area contributed by atoms with Crippen LogP contribution in [0.15, 0.2) is 30.6 Å². The highest BCUT2D eigenvalue weighted by Gasteiger charge is 2.25. The SMILES string of the molecule is COCc1cc(C(=O)O)ncc1CN(C(=O)OC(C)(C)C)c1ccnc(OC)c1. The maximum atomic E-state index is 12.9. The van der Waals surface area contributed by atoms with Gasteiger partial charge >= 0.3 is 12.1 Å². The lowest BCUT2D eigenvalue weighted by molar-refractivity contribution is 0.0575. The van der Waals surface area contributed by atoms with Crippen LogP contribution in [0.4, 0.5) is 10.5 Å². The summed E-state index contributed by atoms with van der Waals surface area (Å²) >= 11 is 0. The molecule has 0 aliphatic heterocycles. The Morgan fingerprint density at radius 2 is 1.86 bits per heavy atom. The van der Waals surface area contributed by atoms with Crippen LogP contribution in [0.5, 0.6) is 5.88 Å². The topological polar surface area (TPSA) is 111 Å². The van der Waals surface area contributed by atoms with Crippen molar-refractivity contribution in [3.8, 4) is 5.88 Å². The third kappa shape index (κ3) is 6.15. The molecular formula is C20H25N3O6. The number of pyridine rings is 2. The van der Waals surface area contributed by atoms with Gasteiger partial charge in [0.25, 0.3) is 0 Å². The van der Waals surface area contributed by atoms with Crippen LogP contribution in [0.1, 0.15) is 42.4 Å². The zero-order chi connectivity index (χ0) is 21.6. The number of hydrogen-bond acceptors (Lipinski definition) is 7. The second-order valence-electron chi connectivity index (χ2n) is 7.20. The largest absolute Gasteiger partial charge is 0.481 e. The zero-order valence-electron chi connectivity index (χ0n) is 17.1. The predicted octanol–water partition coefficient (Wildman–Crippen LogP) is 3.27. The van der Waals surface area contributed by atoms with E-state index in [2.05, 4.69) is 9.97 Å². The number of carbonyl (C=O) groups is 2. The Balaban J connectivity index is 2.46. The summed E-state index contributed by atoms with van der Waals surface area (Å²) in [4.78, 5) is 33.6. The summed E-state index contributed by atoms with van der Waals surface area (Å²) in [5.41, 5.74) is 0.938. The minimum atomic E-state index is -1.14. The van der Waals surface area contributed by atoms with Crippen LogP contribution in [0.3, 0.4) is 0 Å². The van der Waals surface area contributed by atoms with Gasteiger partial charge in [-0.25, -0.2) is 19.6 Å². The van der Waals surface area contributed by atoms with E-state index in [0.29, 0.717) is 22.7 Å². The first-order valence-electron chi connectivity index (χ1n) is 8.85. The first-order chi connectivity index (χ1) is 13.6. The molecule has 0 bridgehead atoms. The van der Waals surface area contributed by atoms with Crippen LogP contribution in [0.25, 0.3) is 0 Å². The molecule has 1 amide bonds. The van der Waals surface area contributed by atoms with Gasteiger partial charge in [0.2, 0.25) is 5.88 Å². The van der Waals surface area contributed by atoms with Gasteiger partial charge < -0.3 is 19.3 Å². The van der Waals surface area contributed by atoms with Crippen molar-refractivity contribution in [2.24, 2.45) is 0 Å². The van der Waals surface area contributed by atoms with E-state index in [1.807, 2.05) is 0 Å². The number of hydrogen-bond donors (Lipinski definition) is 1. The van der Waals surface area contributed by atoms with Crippen LogP contribution in [-0.4, -0.2) is 47.0 Å². The van der Waals surface area contributed by atoms with Crippen molar-refractivity contribution >= 4 is 17.7 Å². The van der Waals surface area contributed by atoms with Crippen molar-refractivity contribution in [3.05, 3.63) is 47.4 Å². The van der Waals surface area contributed by atoms with Gasteiger partial charge in [0, 0.05) is 25.6 Å². The summed E-state index contributed by atoms with van der Waals surface area (Å²) < 4.78 is 15.9. The first-order valence-corrected chi connectivity index (χ1v) is 8.85. The van der Waals surface area contributed by atoms with Crippen LogP contribution < -0.4 is 9.64 Å². The lowest BCUT2D eigenvalue weighted by Crippen LogP contribution is -2.36. The molecule has 0 radical (unpaired) electrons. The highest BCUT2D eigenvalue weighted by molar-refractivity contribution is 5.88. The Hall–Kier alpha value is -3.20. The molecule has 0 saturated heterocycles. The molecule has 0 aromatic carbocycles. The Kier molecular flexibility index (Phi) is 7.11. The predicted molar refractivity (Wildman–Crippen MR) is 105 cm³/mol. The molecule has 0 aliphatic rings. The molecule has 2 heterocycles. The molecule has 9 heteroatoms. The number of rotatable bonds is 7. The van der Waals surface area contributed by atoms with Gasteiger partial charge in [0.05, 0.1) is 25.9 Å². The molecule has 2 aromatic heterocycles. The summed E-state index contributed by atoms with van der Waals surface area (Å²) in [5.74, 6) is -0.802. The van der Waals surface area contributed by atoms with E-state index in [1.165, 1.54) is 37.6 Å². The monoisotopic (exact) mass is 403 g/mol. The van der Waals surface area contributed by atoms with Crippen molar-refractivity contribution in [1.29, 1.82) is 0 Å². The summed E-state index contributed by atoms with van der Waals surface area (Å²) in [7, 11) is 2.99. The van der Waals surface area contributed by atoms with Gasteiger partial charge in [-0.3, -0.25) is 4.90 Å². The van der Waals surface area contributed by atoms with E-state index in [9.17, 15) is 14.7 Å². The van der Waals surface area contributed by atoms with Crippen LogP contribution in [0.2, 0.25) is 0 Å². The van der Waals surface area contributed by atoms with Gasteiger partial charge in [-0.05, 0) is 44.0 Å². The maximum Gasteiger partial charge on any atom is 0.415 e. The zero-order valence-corrected chi connectivity index (χ0v) is 17.1.